The van der Waals surface area contributed by atoms with Gasteiger partial charge in [-0.15, -0.1) is 0 Å². The molecule has 1 saturated heterocycles. The standard InChI is InChI=1S/C26H32N4O5/c1-33-21-8-9-22-19(17-21)16-20(25(31)27-22)18-30(11-5-10-29-12-14-35-15-13-29)26(32)28-23-6-3-4-7-24(23)34-2/h3-4,6-9,16-17H,5,10-15,18H2,1-2H3,(H,27,31)(H,28,32). The second-order valence-electron chi connectivity index (χ2n) is 8.44. The van der Waals surface area contributed by atoms with Crippen LogP contribution >= 0.6 is 0 Å². The summed E-state index contributed by atoms with van der Waals surface area (Å²) >= 11 is 0. The second kappa shape index (κ2) is 11.7. The molecule has 35 heavy (non-hydrogen) atoms. The molecule has 1 aromatic heterocycles. The summed E-state index contributed by atoms with van der Waals surface area (Å²) in [6, 6.07) is 14.3. The summed E-state index contributed by atoms with van der Waals surface area (Å²) < 4.78 is 16.1. The van der Waals surface area contributed by atoms with Crippen LogP contribution < -0.4 is 20.3 Å². The maximum atomic E-state index is 13.3. The summed E-state index contributed by atoms with van der Waals surface area (Å²) in [6.07, 6.45) is 0.776. The smallest absolute Gasteiger partial charge is 0.322 e. The number of methoxy groups -OCH3 is 2. The van der Waals surface area contributed by atoms with E-state index in [0.29, 0.717) is 29.3 Å². The number of hydrogen-bond donors (Lipinski definition) is 2. The van der Waals surface area contributed by atoms with Gasteiger partial charge in [0, 0.05) is 42.6 Å². The number of urea groups is 1. The van der Waals surface area contributed by atoms with E-state index >= 15 is 0 Å². The molecule has 0 aliphatic carbocycles. The first-order valence-electron chi connectivity index (χ1n) is 11.8. The highest BCUT2D eigenvalue weighted by Crippen LogP contribution is 2.24. The Hall–Kier alpha value is -3.56. The van der Waals surface area contributed by atoms with Crippen molar-refractivity contribution < 1.29 is 19.0 Å². The Morgan fingerprint density at radius 1 is 1.11 bits per heavy atom. The number of benzene rings is 2. The Kier molecular flexibility index (Phi) is 8.23. The average Bonchev–Trinajstić information content (AvgIpc) is 2.89. The third-order valence-corrected chi connectivity index (χ3v) is 6.13. The van der Waals surface area contributed by atoms with Gasteiger partial charge in [-0.05, 0) is 42.8 Å². The van der Waals surface area contributed by atoms with Gasteiger partial charge in [-0.1, -0.05) is 12.1 Å². The average molecular weight is 481 g/mol. The molecule has 9 nitrogen and oxygen atoms in total. The molecule has 0 unspecified atom stereocenters. The highest BCUT2D eigenvalue weighted by atomic mass is 16.5. The number of anilines is 1. The number of amides is 2. The van der Waals surface area contributed by atoms with Crippen LogP contribution in [0.4, 0.5) is 10.5 Å². The number of aromatic amines is 1. The van der Waals surface area contributed by atoms with Gasteiger partial charge in [-0.3, -0.25) is 9.69 Å². The van der Waals surface area contributed by atoms with E-state index in [0.717, 1.165) is 50.2 Å². The molecule has 1 aliphatic heterocycles. The van der Waals surface area contributed by atoms with E-state index in [1.54, 1.807) is 37.3 Å². The van der Waals surface area contributed by atoms with E-state index in [-0.39, 0.29) is 18.1 Å². The van der Waals surface area contributed by atoms with Gasteiger partial charge in [-0.2, -0.15) is 0 Å². The number of hydrogen-bond acceptors (Lipinski definition) is 6. The van der Waals surface area contributed by atoms with Crippen LogP contribution in [0.25, 0.3) is 10.9 Å². The Morgan fingerprint density at radius 2 is 1.91 bits per heavy atom. The molecule has 0 spiro atoms. The van der Waals surface area contributed by atoms with Crippen LogP contribution in [0.1, 0.15) is 12.0 Å². The summed E-state index contributed by atoms with van der Waals surface area (Å²) in [5.41, 5.74) is 1.59. The quantitative estimate of drug-likeness (QED) is 0.488. The largest absolute Gasteiger partial charge is 0.497 e. The molecule has 2 aromatic carbocycles. The molecule has 2 N–H and O–H groups in total. The first-order chi connectivity index (χ1) is 17.1. The van der Waals surface area contributed by atoms with Gasteiger partial charge in [0.1, 0.15) is 11.5 Å². The van der Waals surface area contributed by atoms with Crippen molar-refractivity contribution >= 4 is 22.6 Å². The molecule has 2 amide bonds. The molecule has 186 valence electrons. The zero-order valence-corrected chi connectivity index (χ0v) is 20.2. The van der Waals surface area contributed by atoms with Crippen LogP contribution in [-0.4, -0.2) is 74.4 Å². The maximum Gasteiger partial charge on any atom is 0.322 e. The predicted molar refractivity (Wildman–Crippen MR) is 135 cm³/mol. The zero-order chi connectivity index (χ0) is 24.6. The molecule has 1 fully saturated rings. The summed E-state index contributed by atoms with van der Waals surface area (Å²) in [6.45, 7) is 4.76. The first kappa shape index (κ1) is 24.6. The third kappa shape index (κ3) is 6.32. The van der Waals surface area contributed by atoms with Crippen molar-refractivity contribution in [1.82, 2.24) is 14.8 Å². The van der Waals surface area contributed by atoms with Crippen molar-refractivity contribution in [2.24, 2.45) is 0 Å². The van der Waals surface area contributed by atoms with Gasteiger partial charge in [-0.25, -0.2) is 4.79 Å². The lowest BCUT2D eigenvalue weighted by atomic mass is 10.1. The molecule has 0 atom stereocenters. The second-order valence-corrected chi connectivity index (χ2v) is 8.44. The van der Waals surface area contributed by atoms with Gasteiger partial charge in [0.25, 0.3) is 5.56 Å². The number of carbonyl (C=O) groups is 1. The molecule has 1 aliphatic rings. The number of para-hydroxylation sites is 2. The van der Waals surface area contributed by atoms with Crippen molar-refractivity contribution in [2.45, 2.75) is 13.0 Å². The van der Waals surface area contributed by atoms with Crippen molar-refractivity contribution in [3.05, 3.63) is 64.4 Å². The number of carbonyl (C=O) groups excluding carboxylic acids is 1. The number of morpholine rings is 1. The number of aromatic nitrogens is 1. The summed E-state index contributed by atoms with van der Waals surface area (Å²) in [5, 5.41) is 3.79. The fourth-order valence-electron chi connectivity index (χ4n) is 4.18. The van der Waals surface area contributed by atoms with Gasteiger partial charge in [0.15, 0.2) is 0 Å². The van der Waals surface area contributed by atoms with Crippen LogP contribution in [0.3, 0.4) is 0 Å². The van der Waals surface area contributed by atoms with Gasteiger partial charge < -0.3 is 29.4 Å². The van der Waals surface area contributed by atoms with E-state index in [1.165, 1.54) is 0 Å². The minimum absolute atomic E-state index is 0.173. The lowest BCUT2D eigenvalue weighted by Crippen LogP contribution is -2.40. The van der Waals surface area contributed by atoms with E-state index in [2.05, 4.69) is 15.2 Å². The highest BCUT2D eigenvalue weighted by Gasteiger charge is 2.19. The van der Waals surface area contributed by atoms with Gasteiger partial charge in [0.2, 0.25) is 0 Å². The molecule has 3 aromatic rings. The minimum atomic E-state index is -0.290. The van der Waals surface area contributed by atoms with Crippen molar-refractivity contribution in [3.8, 4) is 11.5 Å². The summed E-state index contributed by atoms with van der Waals surface area (Å²) in [4.78, 5) is 33.1. The van der Waals surface area contributed by atoms with Crippen LogP contribution in [0.15, 0.2) is 53.3 Å². The number of nitrogens with one attached hydrogen (secondary N) is 2. The first-order valence-corrected chi connectivity index (χ1v) is 11.8. The minimum Gasteiger partial charge on any atom is -0.497 e. The molecule has 0 saturated carbocycles. The molecule has 2 heterocycles. The monoisotopic (exact) mass is 480 g/mol. The fourth-order valence-corrected chi connectivity index (χ4v) is 4.18. The van der Waals surface area contributed by atoms with Gasteiger partial charge >= 0.3 is 6.03 Å². The molecular formula is C26H32N4O5. The summed E-state index contributed by atoms with van der Waals surface area (Å²) in [7, 11) is 3.17. The zero-order valence-electron chi connectivity index (χ0n) is 20.2. The number of fused-ring (bicyclic) bond motifs is 1. The van der Waals surface area contributed by atoms with E-state index in [4.69, 9.17) is 14.2 Å². The van der Waals surface area contributed by atoms with E-state index < -0.39 is 0 Å². The fraction of sp³-hybridized carbons (Fsp3) is 0.385. The van der Waals surface area contributed by atoms with Crippen molar-refractivity contribution in [3.63, 3.8) is 0 Å². The number of nitrogens with zero attached hydrogens (tertiary/aromatic N) is 2. The Bertz CT molecular complexity index is 1210. The Labute approximate surface area is 204 Å². The topological polar surface area (TPSA) is 96.1 Å². The third-order valence-electron chi connectivity index (χ3n) is 6.13. The SMILES string of the molecule is COc1ccc2[nH]c(=O)c(CN(CCCN3CCOCC3)C(=O)Nc3ccccc3OC)cc2c1. The maximum absolute atomic E-state index is 13.3. The normalized spacial score (nSPS) is 14.0. The lowest BCUT2D eigenvalue weighted by molar-refractivity contribution is 0.0365. The lowest BCUT2D eigenvalue weighted by Gasteiger charge is -2.28. The molecular weight excluding hydrogens is 448 g/mol. The van der Waals surface area contributed by atoms with Crippen LogP contribution in [0.5, 0.6) is 11.5 Å². The van der Waals surface area contributed by atoms with Crippen molar-refractivity contribution in [1.29, 1.82) is 0 Å². The number of rotatable bonds is 9. The number of ether oxygens (including phenoxy) is 3. The summed E-state index contributed by atoms with van der Waals surface area (Å²) in [5.74, 6) is 1.27. The van der Waals surface area contributed by atoms with Crippen LogP contribution in [0.2, 0.25) is 0 Å². The molecule has 4 rings (SSSR count). The predicted octanol–water partition coefficient (Wildman–Crippen LogP) is 3.30. The van der Waals surface area contributed by atoms with Crippen LogP contribution in [-0.2, 0) is 11.3 Å². The molecule has 0 radical (unpaired) electrons. The van der Waals surface area contributed by atoms with Crippen molar-refractivity contribution in [2.75, 3.05) is 58.9 Å². The number of H-pyrrole nitrogens is 1. The number of pyridine rings is 1. The van der Waals surface area contributed by atoms with Crippen LogP contribution in [0, 0.1) is 0 Å². The molecule has 0 bridgehead atoms. The Balaban J connectivity index is 1.54. The van der Waals surface area contributed by atoms with E-state index in [1.807, 2.05) is 30.3 Å². The Morgan fingerprint density at radius 3 is 2.69 bits per heavy atom. The molecule has 9 heteroatoms. The van der Waals surface area contributed by atoms with Gasteiger partial charge in [0.05, 0.1) is 39.7 Å². The highest BCUT2D eigenvalue weighted by molar-refractivity contribution is 5.91. The van der Waals surface area contributed by atoms with E-state index in [9.17, 15) is 9.59 Å².